The number of hydrogen-bond donors (Lipinski definition) is 2. The molecule has 0 bridgehead atoms. The van der Waals surface area contributed by atoms with E-state index in [4.69, 9.17) is 5.73 Å². The largest absolute Gasteiger partial charge is 0.398 e. The second kappa shape index (κ2) is 6.28. The molecule has 2 aromatic rings. The molecule has 1 heterocycles. The van der Waals surface area contributed by atoms with Crippen molar-refractivity contribution in [3.05, 3.63) is 41.7 Å². The third kappa shape index (κ3) is 3.83. The molecule has 3 N–H and O–H groups in total. The van der Waals surface area contributed by atoms with Gasteiger partial charge in [-0.2, -0.15) is 5.10 Å². The maximum atomic E-state index is 12.3. The average Bonchev–Trinajstić information content (AvgIpc) is 2.92. The molecule has 0 amide bonds. The molecule has 21 heavy (non-hydrogen) atoms. The van der Waals surface area contributed by atoms with Crippen molar-refractivity contribution in [3.8, 4) is 0 Å². The lowest BCUT2D eigenvalue weighted by Crippen LogP contribution is -2.26. The van der Waals surface area contributed by atoms with Crippen molar-refractivity contribution in [2.75, 3.05) is 12.3 Å². The van der Waals surface area contributed by atoms with E-state index in [9.17, 15) is 8.42 Å². The maximum Gasteiger partial charge on any atom is 0.242 e. The van der Waals surface area contributed by atoms with E-state index < -0.39 is 10.0 Å². The number of aromatic nitrogens is 2. The van der Waals surface area contributed by atoms with Crippen LogP contribution in [-0.4, -0.2) is 24.7 Å². The van der Waals surface area contributed by atoms with Gasteiger partial charge in [-0.25, -0.2) is 13.1 Å². The minimum atomic E-state index is -3.58. The SMILES string of the molecule is Cc1cc(N)c(S(=O)(=O)NCCCn2cccn2)cc1C. The van der Waals surface area contributed by atoms with E-state index in [1.165, 1.54) is 0 Å². The summed E-state index contributed by atoms with van der Waals surface area (Å²) in [7, 11) is -3.58. The van der Waals surface area contributed by atoms with Crippen LogP contribution < -0.4 is 10.5 Å². The summed E-state index contributed by atoms with van der Waals surface area (Å²) >= 11 is 0. The first-order valence-electron chi connectivity index (χ1n) is 6.74. The molecule has 0 saturated heterocycles. The lowest BCUT2D eigenvalue weighted by molar-refractivity contribution is 0.553. The lowest BCUT2D eigenvalue weighted by atomic mass is 10.1. The molecule has 0 aliphatic rings. The van der Waals surface area contributed by atoms with E-state index in [-0.39, 0.29) is 10.6 Å². The van der Waals surface area contributed by atoms with Crippen LogP contribution in [0.15, 0.2) is 35.5 Å². The molecule has 1 aromatic heterocycles. The van der Waals surface area contributed by atoms with E-state index in [2.05, 4.69) is 9.82 Å². The summed E-state index contributed by atoms with van der Waals surface area (Å²) in [6, 6.07) is 5.13. The van der Waals surface area contributed by atoms with Gasteiger partial charge in [0.1, 0.15) is 4.90 Å². The minimum absolute atomic E-state index is 0.143. The number of aryl methyl sites for hydroxylation is 3. The Labute approximate surface area is 125 Å². The Kier molecular flexibility index (Phi) is 4.64. The van der Waals surface area contributed by atoms with Crippen LogP contribution >= 0.6 is 0 Å². The zero-order valence-electron chi connectivity index (χ0n) is 12.2. The van der Waals surface area contributed by atoms with Crippen LogP contribution in [0.25, 0.3) is 0 Å². The smallest absolute Gasteiger partial charge is 0.242 e. The molecule has 1 aromatic carbocycles. The van der Waals surface area contributed by atoms with Gasteiger partial charge in [0.2, 0.25) is 10.0 Å². The number of benzene rings is 1. The monoisotopic (exact) mass is 308 g/mol. The Bertz CT molecular complexity index is 709. The molecule has 114 valence electrons. The molecule has 0 atom stereocenters. The number of nitrogen functional groups attached to an aromatic ring is 1. The minimum Gasteiger partial charge on any atom is -0.398 e. The highest BCUT2D eigenvalue weighted by atomic mass is 32.2. The van der Waals surface area contributed by atoms with E-state index in [1.54, 1.807) is 23.0 Å². The summed E-state index contributed by atoms with van der Waals surface area (Å²) in [4.78, 5) is 0.143. The maximum absolute atomic E-state index is 12.3. The van der Waals surface area contributed by atoms with Gasteiger partial charge in [0.25, 0.3) is 0 Å². The predicted octanol–water partition coefficient (Wildman–Crippen LogP) is 1.45. The number of anilines is 1. The number of hydrogen-bond acceptors (Lipinski definition) is 4. The Hall–Kier alpha value is -1.86. The van der Waals surface area contributed by atoms with Crippen LogP contribution in [0.4, 0.5) is 5.69 Å². The number of sulfonamides is 1. The Morgan fingerprint density at radius 2 is 2.00 bits per heavy atom. The molecule has 0 fully saturated rings. The van der Waals surface area contributed by atoms with Crippen LogP contribution in [-0.2, 0) is 16.6 Å². The van der Waals surface area contributed by atoms with Crippen molar-refractivity contribution in [2.45, 2.75) is 31.7 Å². The molecule has 7 heteroatoms. The number of nitrogens with two attached hydrogens (primary N) is 1. The zero-order valence-corrected chi connectivity index (χ0v) is 13.0. The van der Waals surface area contributed by atoms with Crippen LogP contribution in [0.5, 0.6) is 0 Å². The van der Waals surface area contributed by atoms with Crippen LogP contribution in [0, 0.1) is 13.8 Å². The average molecular weight is 308 g/mol. The summed E-state index contributed by atoms with van der Waals surface area (Å²) in [5, 5.41) is 4.06. The second-order valence-corrected chi connectivity index (χ2v) is 6.73. The molecular formula is C14H20N4O2S. The van der Waals surface area contributed by atoms with Crippen LogP contribution in [0.3, 0.4) is 0 Å². The highest BCUT2D eigenvalue weighted by Crippen LogP contribution is 2.22. The van der Waals surface area contributed by atoms with Crippen molar-refractivity contribution in [1.29, 1.82) is 0 Å². The van der Waals surface area contributed by atoms with Gasteiger partial charge >= 0.3 is 0 Å². The summed E-state index contributed by atoms with van der Waals surface area (Å²) in [5.41, 5.74) is 7.98. The van der Waals surface area contributed by atoms with E-state index in [1.807, 2.05) is 26.1 Å². The molecule has 0 aliphatic carbocycles. The quantitative estimate of drug-likeness (QED) is 0.624. The number of nitrogens with zero attached hydrogens (tertiary/aromatic N) is 2. The first-order chi connectivity index (χ1) is 9.90. The summed E-state index contributed by atoms with van der Waals surface area (Å²) in [6.45, 7) is 4.78. The van der Waals surface area contributed by atoms with Gasteiger partial charge in [0.05, 0.1) is 5.69 Å². The normalized spacial score (nSPS) is 11.7. The first-order valence-corrected chi connectivity index (χ1v) is 8.22. The van der Waals surface area contributed by atoms with Crippen molar-refractivity contribution < 1.29 is 8.42 Å². The van der Waals surface area contributed by atoms with Gasteiger partial charge in [-0.3, -0.25) is 4.68 Å². The van der Waals surface area contributed by atoms with Gasteiger partial charge in [-0.05, 0) is 49.6 Å². The molecule has 0 spiro atoms. The second-order valence-electron chi connectivity index (χ2n) is 4.99. The van der Waals surface area contributed by atoms with Crippen molar-refractivity contribution >= 4 is 15.7 Å². The zero-order chi connectivity index (χ0) is 15.5. The molecule has 6 nitrogen and oxygen atoms in total. The fourth-order valence-corrected chi connectivity index (χ4v) is 3.27. The lowest BCUT2D eigenvalue weighted by Gasteiger charge is -2.11. The third-order valence-corrected chi connectivity index (χ3v) is 4.85. The first kappa shape index (κ1) is 15.5. The van der Waals surface area contributed by atoms with Gasteiger partial charge in [0.15, 0.2) is 0 Å². The van der Waals surface area contributed by atoms with Crippen LogP contribution in [0.2, 0.25) is 0 Å². The topological polar surface area (TPSA) is 90.0 Å². The Balaban J connectivity index is 2.00. The van der Waals surface area contributed by atoms with Crippen molar-refractivity contribution in [2.24, 2.45) is 0 Å². The van der Waals surface area contributed by atoms with Gasteiger partial charge in [0, 0.05) is 25.5 Å². The van der Waals surface area contributed by atoms with Gasteiger partial charge < -0.3 is 5.73 Å². The number of rotatable bonds is 6. The fourth-order valence-electron chi connectivity index (χ4n) is 2.00. The van der Waals surface area contributed by atoms with E-state index in [0.29, 0.717) is 19.5 Å². The molecule has 0 radical (unpaired) electrons. The van der Waals surface area contributed by atoms with Crippen molar-refractivity contribution in [3.63, 3.8) is 0 Å². The number of nitrogens with one attached hydrogen (secondary N) is 1. The third-order valence-electron chi connectivity index (χ3n) is 3.33. The molecule has 0 unspecified atom stereocenters. The van der Waals surface area contributed by atoms with Crippen molar-refractivity contribution in [1.82, 2.24) is 14.5 Å². The highest BCUT2D eigenvalue weighted by molar-refractivity contribution is 7.89. The Morgan fingerprint density at radius 3 is 2.67 bits per heavy atom. The summed E-state index contributed by atoms with van der Waals surface area (Å²) in [5.74, 6) is 0. The standard InChI is InChI=1S/C14H20N4O2S/c1-11-9-13(15)14(10-12(11)2)21(19,20)17-6-4-8-18-7-3-5-16-18/h3,5,7,9-10,17H,4,6,8,15H2,1-2H3. The molecule has 0 aliphatic heterocycles. The van der Waals surface area contributed by atoms with Gasteiger partial charge in [-0.15, -0.1) is 0 Å². The van der Waals surface area contributed by atoms with E-state index in [0.717, 1.165) is 11.1 Å². The van der Waals surface area contributed by atoms with Gasteiger partial charge in [-0.1, -0.05) is 0 Å². The summed E-state index contributed by atoms with van der Waals surface area (Å²) < 4.78 is 28.9. The fraction of sp³-hybridized carbons (Fsp3) is 0.357. The molecule has 0 saturated carbocycles. The highest BCUT2D eigenvalue weighted by Gasteiger charge is 2.17. The Morgan fingerprint density at radius 1 is 1.29 bits per heavy atom. The predicted molar refractivity (Wildman–Crippen MR) is 82.4 cm³/mol. The molecule has 2 rings (SSSR count). The summed E-state index contributed by atoms with van der Waals surface area (Å²) in [6.07, 6.45) is 4.20. The van der Waals surface area contributed by atoms with E-state index >= 15 is 0 Å². The van der Waals surface area contributed by atoms with Crippen LogP contribution in [0.1, 0.15) is 17.5 Å². The molecular weight excluding hydrogens is 288 g/mol.